The Hall–Kier alpha value is -1.64. The summed E-state index contributed by atoms with van der Waals surface area (Å²) in [5.74, 6) is 0. The first kappa shape index (κ1) is 13.3. The van der Waals surface area contributed by atoms with Crippen LogP contribution in [-0.4, -0.2) is 18.8 Å². The number of benzene rings is 2. The highest BCUT2D eigenvalue weighted by atomic mass is 16.3. The highest BCUT2D eigenvalue weighted by Crippen LogP contribution is 2.38. The van der Waals surface area contributed by atoms with E-state index in [-0.39, 0.29) is 12.1 Å². The number of nitrogens with one attached hydrogen (secondary N) is 1. The minimum atomic E-state index is -0.168. The summed E-state index contributed by atoms with van der Waals surface area (Å²) >= 11 is 0. The highest BCUT2D eigenvalue weighted by Gasteiger charge is 2.26. The highest BCUT2D eigenvalue weighted by molar-refractivity contribution is 5.77. The van der Waals surface area contributed by atoms with E-state index in [0.717, 1.165) is 12.8 Å². The number of hydrogen-bond donors (Lipinski definition) is 2. The first-order valence-electron chi connectivity index (χ1n) is 7.19. The van der Waals surface area contributed by atoms with Gasteiger partial charge in [0.15, 0.2) is 0 Å². The van der Waals surface area contributed by atoms with Gasteiger partial charge >= 0.3 is 0 Å². The summed E-state index contributed by atoms with van der Waals surface area (Å²) in [7, 11) is 1.96. The second-order valence-corrected chi connectivity index (χ2v) is 5.76. The summed E-state index contributed by atoms with van der Waals surface area (Å²) in [6, 6.07) is 15.3. The van der Waals surface area contributed by atoms with Gasteiger partial charge in [0.2, 0.25) is 0 Å². The van der Waals surface area contributed by atoms with Crippen LogP contribution in [0.2, 0.25) is 0 Å². The second kappa shape index (κ2) is 5.04. The van der Waals surface area contributed by atoms with E-state index in [9.17, 15) is 5.11 Å². The van der Waals surface area contributed by atoms with Crippen molar-refractivity contribution in [3.05, 3.63) is 59.2 Å². The van der Waals surface area contributed by atoms with E-state index in [2.05, 4.69) is 54.7 Å². The molecule has 1 aliphatic carbocycles. The van der Waals surface area contributed by atoms with E-state index in [1.54, 1.807) is 0 Å². The molecular weight excluding hydrogens is 246 g/mol. The minimum Gasteiger partial charge on any atom is -0.396 e. The summed E-state index contributed by atoms with van der Waals surface area (Å²) in [4.78, 5) is 0. The van der Waals surface area contributed by atoms with Gasteiger partial charge in [-0.25, -0.2) is 0 Å². The van der Waals surface area contributed by atoms with Gasteiger partial charge in [-0.2, -0.15) is 0 Å². The van der Waals surface area contributed by atoms with E-state index in [1.807, 2.05) is 7.05 Å². The molecule has 2 N–H and O–H groups in total. The van der Waals surface area contributed by atoms with Gasteiger partial charge in [0.1, 0.15) is 0 Å². The molecule has 0 saturated carbocycles. The first-order chi connectivity index (χ1) is 9.68. The van der Waals surface area contributed by atoms with Gasteiger partial charge in [-0.15, -0.1) is 0 Å². The molecule has 2 aromatic rings. The molecule has 3 rings (SSSR count). The molecule has 1 aliphatic rings. The van der Waals surface area contributed by atoms with Crippen molar-refractivity contribution in [2.75, 3.05) is 13.7 Å². The Morgan fingerprint density at radius 3 is 2.60 bits per heavy atom. The van der Waals surface area contributed by atoms with Crippen LogP contribution in [0.4, 0.5) is 0 Å². The minimum absolute atomic E-state index is 0.168. The molecule has 0 aliphatic heterocycles. The third-order valence-corrected chi connectivity index (χ3v) is 4.59. The summed E-state index contributed by atoms with van der Waals surface area (Å²) in [6.45, 7) is 2.34. The zero-order valence-corrected chi connectivity index (χ0v) is 12.1. The van der Waals surface area contributed by atoms with Gasteiger partial charge in [0.25, 0.3) is 0 Å². The molecule has 0 amide bonds. The van der Waals surface area contributed by atoms with Crippen molar-refractivity contribution in [1.82, 2.24) is 5.32 Å². The predicted molar refractivity (Wildman–Crippen MR) is 82.8 cm³/mol. The average molecular weight is 267 g/mol. The molecule has 2 heteroatoms. The molecule has 0 aromatic heterocycles. The molecule has 0 heterocycles. The Bertz CT molecular complexity index is 635. The number of hydrogen-bond acceptors (Lipinski definition) is 2. The average Bonchev–Trinajstić information content (AvgIpc) is 2.85. The van der Waals surface area contributed by atoms with Crippen molar-refractivity contribution < 1.29 is 5.11 Å². The van der Waals surface area contributed by atoms with Crippen LogP contribution in [0, 0.1) is 0 Å². The van der Waals surface area contributed by atoms with E-state index in [0.29, 0.717) is 0 Å². The van der Waals surface area contributed by atoms with Crippen LogP contribution in [0.5, 0.6) is 0 Å². The van der Waals surface area contributed by atoms with Crippen LogP contribution in [0.1, 0.15) is 30.0 Å². The van der Waals surface area contributed by atoms with Crippen molar-refractivity contribution >= 4 is 0 Å². The van der Waals surface area contributed by atoms with E-state index >= 15 is 0 Å². The van der Waals surface area contributed by atoms with E-state index in [4.69, 9.17) is 0 Å². The zero-order valence-electron chi connectivity index (χ0n) is 12.1. The zero-order chi connectivity index (χ0) is 14.2. The number of fused-ring (bicyclic) bond motifs is 3. The second-order valence-electron chi connectivity index (χ2n) is 5.76. The third-order valence-electron chi connectivity index (χ3n) is 4.59. The molecular formula is C18H21NO. The first-order valence-corrected chi connectivity index (χ1v) is 7.19. The number of rotatable bonds is 4. The fourth-order valence-electron chi connectivity index (χ4n) is 3.13. The lowest BCUT2D eigenvalue weighted by atomic mass is 9.87. The molecule has 0 radical (unpaired) electrons. The molecule has 0 fully saturated rings. The topological polar surface area (TPSA) is 32.3 Å². The standard InChI is InChI=1S/C18H21NO/c1-18(19-2,9-10-20)15-7-8-17-14(12-15)11-13-5-3-4-6-16(13)17/h3-8,12,19-20H,9-11H2,1-2H3. The Balaban J connectivity index is 2.02. The third kappa shape index (κ3) is 2.05. The van der Waals surface area contributed by atoms with Gasteiger partial charge in [-0.3, -0.25) is 0 Å². The summed E-state index contributed by atoms with van der Waals surface area (Å²) < 4.78 is 0. The SMILES string of the molecule is CNC(C)(CCO)c1ccc2c(c1)Cc1ccccc1-2. The van der Waals surface area contributed by atoms with Crippen molar-refractivity contribution in [1.29, 1.82) is 0 Å². The molecule has 0 bridgehead atoms. The van der Waals surface area contributed by atoms with Crippen LogP contribution in [0.3, 0.4) is 0 Å². The van der Waals surface area contributed by atoms with Crippen LogP contribution >= 0.6 is 0 Å². The quantitative estimate of drug-likeness (QED) is 0.761. The molecule has 0 saturated heterocycles. The predicted octanol–water partition coefficient (Wildman–Crippen LogP) is 3.07. The number of aliphatic hydroxyl groups excluding tert-OH is 1. The van der Waals surface area contributed by atoms with Crippen LogP contribution in [-0.2, 0) is 12.0 Å². The molecule has 2 aromatic carbocycles. The lowest BCUT2D eigenvalue weighted by molar-refractivity contribution is 0.228. The largest absolute Gasteiger partial charge is 0.396 e. The summed E-state index contributed by atoms with van der Waals surface area (Å²) in [5, 5.41) is 12.6. The normalized spacial score (nSPS) is 15.6. The maximum absolute atomic E-state index is 9.29. The Kier molecular flexibility index (Phi) is 3.36. The molecule has 104 valence electrons. The van der Waals surface area contributed by atoms with Crippen LogP contribution in [0.25, 0.3) is 11.1 Å². The van der Waals surface area contributed by atoms with Gasteiger partial charge in [0.05, 0.1) is 0 Å². The van der Waals surface area contributed by atoms with Crippen LogP contribution in [0.15, 0.2) is 42.5 Å². The maximum Gasteiger partial charge on any atom is 0.0451 e. The Labute approximate surface area is 120 Å². The monoisotopic (exact) mass is 267 g/mol. The fraction of sp³-hybridized carbons (Fsp3) is 0.333. The Morgan fingerprint density at radius 2 is 1.85 bits per heavy atom. The lowest BCUT2D eigenvalue weighted by Crippen LogP contribution is -2.37. The molecule has 20 heavy (non-hydrogen) atoms. The van der Waals surface area contributed by atoms with E-state index < -0.39 is 0 Å². The molecule has 0 spiro atoms. The number of aliphatic hydroxyl groups is 1. The maximum atomic E-state index is 9.29. The van der Waals surface area contributed by atoms with Crippen molar-refractivity contribution in [3.8, 4) is 11.1 Å². The van der Waals surface area contributed by atoms with Gasteiger partial charge in [-0.1, -0.05) is 42.5 Å². The summed E-state index contributed by atoms with van der Waals surface area (Å²) in [5.41, 5.74) is 6.60. The molecule has 2 nitrogen and oxygen atoms in total. The lowest BCUT2D eigenvalue weighted by Gasteiger charge is -2.29. The van der Waals surface area contributed by atoms with Gasteiger partial charge in [0, 0.05) is 12.1 Å². The fourth-order valence-corrected chi connectivity index (χ4v) is 3.13. The summed E-state index contributed by atoms with van der Waals surface area (Å²) in [6.07, 6.45) is 1.73. The Morgan fingerprint density at radius 1 is 1.10 bits per heavy atom. The van der Waals surface area contributed by atoms with Crippen molar-refractivity contribution in [2.45, 2.75) is 25.3 Å². The van der Waals surface area contributed by atoms with E-state index in [1.165, 1.54) is 27.8 Å². The molecule has 1 atom stereocenters. The van der Waals surface area contributed by atoms with Crippen molar-refractivity contribution in [2.24, 2.45) is 0 Å². The molecule has 1 unspecified atom stereocenters. The van der Waals surface area contributed by atoms with Gasteiger partial charge < -0.3 is 10.4 Å². The smallest absolute Gasteiger partial charge is 0.0451 e. The van der Waals surface area contributed by atoms with Crippen molar-refractivity contribution in [3.63, 3.8) is 0 Å². The van der Waals surface area contributed by atoms with Gasteiger partial charge in [-0.05, 0) is 54.6 Å². The van der Waals surface area contributed by atoms with Crippen LogP contribution < -0.4 is 5.32 Å².